The summed E-state index contributed by atoms with van der Waals surface area (Å²) in [5.74, 6) is 0.239. The summed E-state index contributed by atoms with van der Waals surface area (Å²) in [5, 5.41) is 16.1. The van der Waals surface area contributed by atoms with Crippen LogP contribution in [-0.4, -0.2) is 26.8 Å². The monoisotopic (exact) mass is 343 g/mol. The van der Waals surface area contributed by atoms with Gasteiger partial charge in [0.05, 0.1) is 0 Å². The molecule has 0 bridgehead atoms. The van der Waals surface area contributed by atoms with Crippen LogP contribution < -0.4 is 10.2 Å². The zero-order valence-corrected chi connectivity index (χ0v) is 13.3. The summed E-state index contributed by atoms with van der Waals surface area (Å²) >= 11 is 1.33. The van der Waals surface area contributed by atoms with Crippen molar-refractivity contribution in [3.8, 4) is 0 Å². The Morgan fingerprint density at radius 2 is 2.08 bits per heavy atom. The summed E-state index contributed by atoms with van der Waals surface area (Å²) < 4.78 is 1.45. The van der Waals surface area contributed by atoms with E-state index in [1.165, 1.54) is 15.7 Å². The third kappa shape index (κ3) is 2.38. The number of nitrogens with zero attached hydrogens (tertiary/aromatic N) is 4. The SMILES string of the molecule is O=C1CCCN1c1ccc(Nc2nc3sccn3c2[N+](=O)[O-])cc1. The summed E-state index contributed by atoms with van der Waals surface area (Å²) in [6.45, 7) is 0.731. The lowest BCUT2D eigenvalue weighted by atomic mass is 10.2. The maximum Gasteiger partial charge on any atom is 0.373 e. The molecular formula is C15H13N5O3S. The normalized spacial score (nSPS) is 14.5. The first-order valence-electron chi connectivity index (χ1n) is 7.41. The molecule has 1 fully saturated rings. The summed E-state index contributed by atoms with van der Waals surface area (Å²) in [5.41, 5.74) is 1.52. The number of hydrogen-bond donors (Lipinski definition) is 1. The van der Waals surface area contributed by atoms with Crippen molar-refractivity contribution >= 4 is 45.2 Å². The molecule has 2 aromatic heterocycles. The molecule has 24 heavy (non-hydrogen) atoms. The Labute approximate surface area is 140 Å². The van der Waals surface area contributed by atoms with E-state index in [1.807, 2.05) is 12.1 Å². The highest BCUT2D eigenvalue weighted by Crippen LogP contribution is 2.31. The van der Waals surface area contributed by atoms with Gasteiger partial charge in [-0.15, -0.1) is 0 Å². The van der Waals surface area contributed by atoms with Crippen LogP contribution in [0.4, 0.5) is 23.0 Å². The zero-order chi connectivity index (χ0) is 16.7. The molecule has 9 heteroatoms. The van der Waals surface area contributed by atoms with E-state index in [0.29, 0.717) is 17.1 Å². The van der Waals surface area contributed by atoms with Gasteiger partial charge in [-0.1, -0.05) is 11.3 Å². The molecule has 0 atom stereocenters. The summed E-state index contributed by atoms with van der Waals surface area (Å²) in [6, 6.07) is 7.24. The molecule has 1 amide bonds. The minimum atomic E-state index is -0.452. The molecule has 0 aliphatic carbocycles. The molecule has 0 spiro atoms. The quantitative estimate of drug-likeness (QED) is 0.580. The smallest absolute Gasteiger partial charge is 0.358 e. The van der Waals surface area contributed by atoms with Crippen molar-refractivity contribution in [2.75, 3.05) is 16.8 Å². The molecule has 1 N–H and O–H groups in total. The van der Waals surface area contributed by atoms with E-state index in [2.05, 4.69) is 10.3 Å². The number of imidazole rings is 1. The molecule has 1 aromatic carbocycles. The highest BCUT2D eigenvalue weighted by Gasteiger charge is 2.24. The summed E-state index contributed by atoms with van der Waals surface area (Å²) in [6.07, 6.45) is 3.08. The first kappa shape index (κ1) is 14.6. The van der Waals surface area contributed by atoms with Gasteiger partial charge in [0, 0.05) is 29.7 Å². The van der Waals surface area contributed by atoms with Crippen molar-refractivity contribution in [1.82, 2.24) is 9.38 Å². The molecule has 0 unspecified atom stereocenters. The number of nitro groups is 1. The van der Waals surface area contributed by atoms with Gasteiger partial charge in [-0.2, -0.15) is 9.38 Å². The van der Waals surface area contributed by atoms with Crippen molar-refractivity contribution in [1.29, 1.82) is 0 Å². The van der Waals surface area contributed by atoms with Gasteiger partial charge in [-0.25, -0.2) is 0 Å². The molecule has 0 radical (unpaired) electrons. The fourth-order valence-corrected chi connectivity index (χ4v) is 3.52. The Bertz CT molecular complexity index is 930. The topological polar surface area (TPSA) is 92.8 Å². The maximum absolute atomic E-state index is 11.8. The Morgan fingerprint density at radius 1 is 1.29 bits per heavy atom. The number of amides is 1. The molecule has 4 rings (SSSR count). The van der Waals surface area contributed by atoms with E-state index >= 15 is 0 Å². The third-order valence-electron chi connectivity index (χ3n) is 3.92. The molecule has 1 aliphatic heterocycles. The number of fused-ring (bicyclic) bond motifs is 1. The summed E-state index contributed by atoms with van der Waals surface area (Å²) in [7, 11) is 0. The second-order valence-corrected chi connectivity index (χ2v) is 6.29. The molecule has 1 aliphatic rings. The number of carbonyl (C=O) groups excluding carboxylic acids is 1. The van der Waals surface area contributed by atoms with Gasteiger partial charge in [0.25, 0.3) is 4.96 Å². The van der Waals surface area contributed by atoms with Gasteiger partial charge in [0.15, 0.2) is 0 Å². The second kappa shape index (κ2) is 5.60. The van der Waals surface area contributed by atoms with E-state index in [-0.39, 0.29) is 17.5 Å². The predicted molar refractivity (Wildman–Crippen MR) is 91.0 cm³/mol. The molecular weight excluding hydrogens is 330 g/mol. The van der Waals surface area contributed by atoms with E-state index in [0.717, 1.165) is 18.7 Å². The minimum absolute atomic E-state index is 0.0925. The van der Waals surface area contributed by atoms with Crippen LogP contribution in [-0.2, 0) is 4.79 Å². The molecule has 0 saturated carbocycles. The van der Waals surface area contributed by atoms with Gasteiger partial charge >= 0.3 is 5.82 Å². The van der Waals surface area contributed by atoms with E-state index in [9.17, 15) is 14.9 Å². The van der Waals surface area contributed by atoms with Crippen LogP contribution in [0.1, 0.15) is 12.8 Å². The van der Waals surface area contributed by atoms with Crippen LogP contribution in [0, 0.1) is 10.1 Å². The van der Waals surface area contributed by atoms with Crippen LogP contribution in [0.2, 0.25) is 0 Å². The lowest BCUT2D eigenvalue weighted by Gasteiger charge is -2.16. The average molecular weight is 343 g/mol. The van der Waals surface area contributed by atoms with Gasteiger partial charge in [-0.3, -0.25) is 4.79 Å². The predicted octanol–water partition coefficient (Wildman–Crippen LogP) is 3.17. The number of hydrogen-bond acceptors (Lipinski definition) is 6. The fourth-order valence-electron chi connectivity index (χ4n) is 2.81. The van der Waals surface area contributed by atoms with Gasteiger partial charge < -0.3 is 20.3 Å². The van der Waals surface area contributed by atoms with Crippen molar-refractivity contribution in [2.24, 2.45) is 0 Å². The molecule has 3 heterocycles. The van der Waals surface area contributed by atoms with E-state index < -0.39 is 4.92 Å². The highest BCUT2D eigenvalue weighted by atomic mass is 32.1. The van der Waals surface area contributed by atoms with Gasteiger partial charge in [-0.05, 0) is 35.6 Å². The number of nitrogens with one attached hydrogen (secondary N) is 1. The van der Waals surface area contributed by atoms with Crippen molar-refractivity contribution in [3.05, 3.63) is 46.0 Å². The van der Waals surface area contributed by atoms with Crippen LogP contribution in [0.3, 0.4) is 0 Å². The fraction of sp³-hybridized carbons (Fsp3) is 0.200. The zero-order valence-electron chi connectivity index (χ0n) is 12.5. The lowest BCUT2D eigenvalue weighted by Crippen LogP contribution is -2.23. The van der Waals surface area contributed by atoms with Crippen molar-refractivity contribution in [2.45, 2.75) is 12.8 Å². The standard InChI is InChI=1S/C15H13N5O3S/c21-12-2-1-7-18(12)11-5-3-10(4-6-11)16-13-14(20(22)23)19-8-9-24-15(19)17-13/h3-6,8-9,16H,1-2,7H2. The number of benzene rings is 1. The van der Waals surface area contributed by atoms with Gasteiger partial charge in [0.2, 0.25) is 11.7 Å². The Balaban J connectivity index is 1.61. The van der Waals surface area contributed by atoms with Crippen LogP contribution >= 0.6 is 11.3 Å². The van der Waals surface area contributed by atoms with Crippen molar-refractivity contribution in [3.63, 3.8) is 0 Å². The van der Waals surface area contributed by atoms with Crippen LogP contribution in [0.15, 0.2) is 35.8 Å². The van der Waals surface area contributed by atoms with E-state index in [4.69, 9.17) is 0 Å². The first-order valence-corrected chi connectivity index (χ1v) is 8.29. The van der Waals surface area contributed by atoms with Crippen LogP contribution in [0.5, 0.6) is 0 Å². The number of thiazole rings is 1. The number of anilines is 3. The highest BCUT2D eigenvalue weighted by molar-refractivity contribution is 7.15. The Hall–Kier alpha value is -2.94. The van der Waals surface area contributed by atoms with Crippen LogP contribution in [0.25, 0.3) is 4.96 Å². The Morgan fingerprint density at radius 3 is 2.75 bits per heavy atom. The van der Waals surface area contributed by atoms with Crippen molar-refractivity contribution < 1.29 is 9.72 Å². The number of rotatable bonds is 4. The second-order valence-electron chi connectivity index (χ2n) is 5.42. The molecule has 8 nitrogen and oxygen atoms in total. The van der Waals surface area contributed by atoms with E-state index in [1.54, 1.807) is 28.6 Å². The van der Waals surface area contributed by atoms with Gasteiger partial charge in [0.1, 0.15) is 6.20 Å². The summed E-state index contributed by atoms with van der Waals surface area (Å²) in [4.78, 5) is 29.2. The molecule has 122 valence electrons. The average Bonchev–Trinajstić information content (AvgIpc) is 3.23. The minimum Gasteiger partial charge on any atom is -0.358 e. The maximum atomic E-state index is 11.8. The number of carbonyl (C=O) groups is 1. The third-order valence-corrected chi connectivity index (χ3v) is 4.68. The lowest BCUT2D eigenvalue weighted by molar-refractivity contribution is -0.389. The molecule has 3 aromatic rings. The first-order chi connectivity index (χ1) is 11.6. The molecule has 1 saturated heterocycles. The Kier molecular flexibility index (Phi) is 3.42. The largest absolute Gasteiger partial charge is 0.373 e. The number of aromatic nitrogens is 2.